The summed E-state index contributed by atoms with van der Waals surface area (Å²) in [4.78, 5) is 43.7. The Morgan fingerprint density at radius 2 is 1.82 bits per heavy atom. The Kier molecular flexibility index (Phi) is 6.15. The van der Waals surface area contributed by atoms with E-state index in [1.807, 2.05) is 35.2 Å². The topological polar surface area (TPSA) is 116 Å². The zero-order chi connectivity index (χ0) is 23.5. The number of benzene rings is 1. The molecule has 5 rings (SSSR count). The number of H-pyrrole nitrogens is 1. The number of carbonyl (C=O) groups is 2. The van der Waals surface area contributed by atoms with E-state index in [2.05, 4.69) is 25.6 Å². The van der Waals surface area contributed by atoms with E-state index in [1.165, 1.54) is 18.3 Å². The second kappa shape index (κ2) is 9.54. The molecule has 172 valence electrons. The van der Waals surface area contributed by atoms with Crippen molar-refractivity contribution in [2.45, 2.75) is 6.92 Å². The van der Waals surface area contributed by atoms with Gasteiger partial charge in [-0.05, 0) is 24.3 Å². The summed E-state index contributed by atoms with van der Waals surface area (Å²) in [7, 11) is 0. The Hall–Kier alpha value is -3.89. The zero-order valence-corrected chi connectivity index (χ0v) is 19.4. The fourth-order valence-corrected chi connectivity index (χ4v) is 4.87. The van der Waals surface area contributed by atoms with Crippen LogP contribution in [0.2, 0.25) is 0 Å². The molecular weight excluding hydrogens is 450 g/mol. The smallest absolute Gasteiger partial charge is 0.253 e. The van der Waals surface area contributed by atoms with Crippen molar-refractivity contribution in [3.8, 4) is 32.5 Å². The molecule has 0 spiro atoms. The van der Waals surface area contributed by atoms with E-state index >= 15 is 0 Å². The predicted octanol–water partition coefficient (Wildman–Crippen LogP) is 3.27. The lowest BCUT2D eigenvalue weighted by Crippen LogP contribution is -2.46. The highest BCUT2D eigenvalue weighted by molar-refractivity contribution is 7.18. The van der Waals surface area contributed by atoms with Crippen LogP contribution in [0.15, 0.2) is 55.0 Å². The summed E-state index contributed by atoms with van der Waals surface area (Å²) in [5.41, 5.74) is 3.17. The molecule has 0 unspecified atom stereocenters. The van der Waals surface area contributed by atoms with Crippen molar-refractivity contribution in [1.29, 1.82) is 0 Å². The van der Waals surface area contributed by atoms with Gasteiger partial charge < -0.3 is 20.5 Å². The van der Waals surface area contributed by atoms with Gasteiger partial charge >= 0.3 is 0 Å². The van der Waals surface area contributed by atoms with E-state index in [1.54, 1.807) is 24.7 Å². The van der Waals surface area contributed by atoms with Gasteiger partial charge in [-0.15, -0.1) is 11.3 Å². The van der Waals surface area contributed by atoms with Crippen LogP contribution in [0.1, 0.15) is 17.3 Å². The third-order valence-electron chi connectivity index (χ3n) is 5.46. The highest BCUT2D eigenvalue weighted by Crippen LogP contribution is 2.39. The maximum atomic E-state index is 12.8. The van der Waals surface area contributed by atoms with Gasteiger partial charge in [0.15, 0.2) is 0 Å². The lowest BCUT2D eigenvalue weighted by Gasteiger charge is -2.27. The van der Waals surface area contributed by atoms with Crippen molar-refractivity contribution >= 4 is 29.0 Å². The molecule has 9 nitrogen and oxygen atoms in total. The second-order valence-electron chi connectivity index (χ2n) is 7.87. The number of pyridine rings is 1. The minimum Gasteiger partial charge on any atom is -0.344 e. The first-order valence-corrected chi connectivity index (χ1v) is 11.7. The number of thiazole rings is 1. The molecule has 0 aliphatic carbocycles. The van der Waals surface area contributed by atoms with Crippen LogP contribution in [0.25, 0.3) is 32.5 Å². The van der Waals surface area contributed by atoms with E-state index < -0.39 is 0 Å². The van der Waals surface area contributed by atoms with Crippen LogP contribution in [0.5, 0.6) is 0 Å². The van der Waals surface area contributed by atoms with Gasteiger partial charge in [0.25, 0.3) is 5.91 Å². The number of rotatable bonds is 5. The molecule has 1 aliphatic heterocycles. The molecule has 3 aromatic heterocycles. The van der Waals surface area contributed by atoms with Gasteiger partial charge in [-0.1, -0.05) is 12.1 Å². The highest BCUT2D eigenvalue weighted by Gasteiger charge is 2.20. The summed E-state index contributed by atoms with van der Waals surface area (Å²) >= 11 is 1.50. The summed E-state index contributed by atoms with van der Waals surface area (Å²) in [6.45, 7) is 4.50. The largest absolute Gasteiger partial charge is 0.344 e. The van der Waals surface area contributed by atoms with E-state index in [9.17, 15) is 9.59 Å². The number of hydrogen-bond acceptors (Lipinski definition) is 7. The van der Waals surface area contributed by atoms with Crippen LogP contribution in [0.3, 0.4) is 0 Å². The summed E-state index contributed by atoms with van der Waals surface area (Å²) in [5.74, 6) is 1.05. The van der Waals surface area contributed by atoms with E-state index in [-0.39, 0.29) is 11.8 Å². The normalized spacial score (nSPS) is 13.6. The number of anilines is 1. The van der Waals surface area contributed by atoms with Crippen LogP contribution >= 0.6 is 11.3 Å². The Bertz CT molecular complexity index is 1310. The Labute approximate surface area is 200 Å². The number of hydrogen-bond donors (Lipinski definition) is 3. The Balaban J connectivity index is 1.49. The number of amides is 2. The number of nitrogens with zero attached hydrogens (tertiary/aromatic N) is 4. The molecule has 0 saturated carbocycles. The van der Waals surface area contributed by atoms with E-state index in [4.69, 9.17) is 4.98 Å². The molecule has 2 amide bonds. The predicted molar refractivity (Wildman–Crippen MR) is 131 cm³/mol. The standard InChI is InChI=1S/C24H23N7O2S/c1-15(32)29-19-14-18(6-7-26-19)23-30-20(21(34-23)22-27-8-9-28-22)16-2-4-17(5-3-16)24(33)31-12-10-25-11-13-31/h2-9,14,25H,10-13H2,1H3,(H,27,28)(H,26,29,32). The van der Waals surface area contributed by atoms with Crippen molar-refractivity contribution < 1.29 is 9.59 Å². The molecule has 34 heavy (non-hydrogen) atoms. The summed E-state index contributed by atoms with van der Waals surface area (Å²) in [6.07, 6.45) is 5.12. The molecule has 4 heterocycles. The monoisotopic (exact) mass is 473 g/mol. The fraction of sp³-hybridized carbons (Fsp3) is 0.208. The maximum absolute atomic E-state index is 12.8. The fourth-order valence-electron chi connectivity index (χ4n) is 3.82. The minimum absolute atomic E-state index is 0.0422. The minimum atomic E-state index is -0.184. The second-order valence-corrected chi connectivity index (χ2v) is 8.86. The van der Waals surface area contributed by atoms with Crippen LogP contribution in [0.4, 0.5) is 5.82 Å². The van der Waals surface area contributed by atoms with Gasteiger partial charge in [0.2, 0.25) is 5.91 Å². The lowest BCUT2D eigenvalue weighted by atomic mass is 10.1. The molecule has 0 radical (unpaired) electrons. The number of carbonyl (C=O) groups excluding carboxylic acids is 2. The number of aromatic nitrogens is 4. The molecule has 0 atom stereocenters. The first kappa shape index (κ1) is 21.9. The van der Waals surface area contributed by atoms with Crippen LogP contribution in [-0.2, 0) is 4.79 Å². The van der Waals surface area contributed by atoms with Crippen molar-refractivity contribution in [3.05, 3.63) is 60.6 Å². The zero-order valence-electron chi connectivity index (χ0n) is 18.5. The quantitative estimate of drug-likeness (QED) is 0.410. The molecule has 1 saturated heterocycles. The first-order valence-electron chi connectivity index (χ1n) is 10.9. The Morgan fingerprint density at radius 1 is 1.03 bits per heavy atom. The van der Waals surface area contributed by atoms with Crippen molar-refractivity contribution in [3.63, 3.8) is 0 Å². The Morgan fingerprint density at radius 3 is 2.53 bits per heavy atom. The summed E-state index contributed by atoms with van der Waals surface area (Å²) in [6, 6.07) is 11.2. The van der Waals surface area contributed by atoms with Gasteiger partial charge in [-0.3, -0.25) is 9.59 Å². The van der Waals surface area contributed by atoms with Crippen molar-refractivity contribution in [1.82, 2.24) is 30.2 Å². The van der Waals surface area contributed by atoms with Crippen LogP contribution < -0.4 is 10.6 Å². The van der Waals surface area contributed by atoms with E-state index in [0.717, 1.165) is 45.6 Å². The van der Waals surface area contributed by atoms with Crippen molar-refractivity contribution in [2.24, 2.45) is 0 Å². The van der Waals surface area contributed by atoms with Gasteiger partial charge in [0, 0.05) is 68.4 Å². The molecule has 1 aliphatic rings. The highest BCUT2D eigenvalue weighted by atomic mass is 32.1. The van der Waals surface area contributed by atoms with Gasteiger partial charge in [0.1, 0.15) is 16.6 Å². The first-order chi connectivity index (χ1) is 16.6. The molecule has 0 bridgehead atoms. The van der Waals surface area contributed by atoms with Gasteiger partial charge in [-0.2, -0.15) is 0 Å². The average molecular weight is 474 g/mol. The van der Waals surface area contributed by atoms with Gasteiger partial charge in [-0.25, -0.2) is 15.0 Å². The average Bonchev–Trinajstić information content (AvgIpc) is 3.54. The van der Waals surface area contributed by atoms with Crippen LogP contribution in [-0.4, -0.2) is 62.8 Å². The lowest BCUT2D eigenvalue weighted by molar-refractivity contribution is -0.114. The molecule has 1 aromatic carbocycles. The summed E-state index contributed by atoms with van der Waals surface area (Å²) < 4.78 is 0. The third-order valence-corrected chi connectivity index (χ3v) is 6.57. The molecule has 1 fully saturated rings. The number of imidazole rings is 1. The van der Waals surface area contributed by atoms with Gasteiger partial charge in [0.05, 0.1) is 10.6 Å². The van der Waals surface area contributed by atoms with Crippen LogP contribution in [0, 0.1) is 0 Å². The number of aromatic amines is 1. The SMILES string of the molecule is CC(=O)Nc1cc(-c2nc(-c3ccc(C(=O)N4CCNCC4)cc3)c(-c3ncc[nH]3)s2)ccn1. The molecular formula is C24H23N7O2S. The molecule has 4 aromatic rings. The van der Waals surface area contributed by atoms with E-state index in [0.29, 0.717) is 24.5 Å². The number of piperazine rings is 1. The third kappa shape index (κ3) is 4.59. The molecule has 10 heteroatoms. The maximum Gasteiger partial charge on any atom is 0.253 e. The molecule has 3 N–H and O–H groups in total. The van der Waals surface area contributed by atoms with Crippen molar-refractivity contribution in [2.75, 3.05) is 31.5 Å². The number of nitrogens with one attached hydrogen (secondary N) is 3. The summed E-state index contributed by atoms with van der Waals surface area (Å²) in [5, 5.41) is 6.75.